The van der Waals surface area contributed by atoms with Crippen LogP contribution in [0.15, 0.2) is 48.5 Å². The third-order valence-corrected chi connectivity index (χ3v) is 3.78. The van der Waals surface area contributed by atoms with E-state index in [1.54, 1.807) is 7.11 Å². The molecule has 0 aromatic heterocycles. The van der Waals surface area contributed by atoms with Gasteiger partial charge < -0.3 is 10.1 Å². The molecule has 4 heteroatoms. The molecule has 104 valence electrons. The summed E-state index contributed by atoms with van der Waals surface area (Å²) in [6.07, 6.45) is 0. The number of ether oxygens (including phenoxy) is 1. The van der Waals surface area contributed by atoms with Gasteiger partial charge in [-0.15, -0.1) is 0 Å². The van der Waals surface area contributed by atoms with Crippen molar-refractivity contribution in [3.8, 4) is 5.75 Å². The molecule has 2 rings (SSSR count). The average Bonchev–Trinajstić information content (AvgIpc) is 2.47. The van der Waals surface area contributed by atoms with Crippen LogP contribution in [0.5, 0.6) is 5.75 Å². The first-order valence-corrected chi connectivity index (χ1v) is 7.39. The number of para-hydroxylation sites is 1. The summed E-state index contributed by atoms with van der Waals surface area (Å²) in [5.41, 5.74) is 1.63. The second-order valence-electron chi connectivity index (χ2n) is 4.44. The van der Waals surface area contributed by atoms with Crippen molar-refractivity contribution in [1.82, 2.24) is 5.32 Å². The van der Waals surface area contributed by atoms with E-state index in [9.17, 15) is 4.79 Å². The van der Waals surface area contributed by atoms with E-state index in [4.69, 9.17) is 4.74 Å². The monoisotopic (exact) mass is 381 g/mol. The van der Waals surface area contributed by atoms with Crippen LogP contribution in [0.2, 0.25) is 0 Å². The van der Waals surface area contributed by atoms with E-state index in [0.717, 1.165) is 14.9 Å². The van der Waals surface area contributed by atoms with Crippen molar-refractivity contribution in [2.24, 2.45) is 0 Å². The van der Waals surface area contributed by atoms with Gasteiger partial charge in [-0.2, -0.15) is 0 Å². The maximum Gasteiger partial charge on any atom is 0.251 e. The fraction of sp³-hybridized carbons (Fsp3) is 0.188. The largest absolute Gasteiger partial charge is 0.496 e. The summed E-state index contributed by atoms with van der Waals surface area (Å²) in [5, 5.41) is 2.99. The van der Waals surface area contributed by atoms with Crippen LogP contribution in [0.4, 0.5) is 0 Å². The molecule has 0 aliphatic heterocycles. The van der Waals surface area contributed by atoms with Gasteiger partial charge in [0, 0.05) is 14.7 Å². The standard InChI is InChI=1S/C16H16INO2/c1-11(14-5-3-4-6-15(14)20-2)18-16(19)12-7-9-13(17)10-8-12/h3-11H,1-2H3,(H,18,19). The number of benzene rings is 2. The SMILES string of the molecule is COc1ccccc1C(C)NC(=O)c1ccc(I)cc1. The minimum Gasteiger partial charge on any atom is -0.496 e. The summed E-state index contributed by atoms with van der Waals surface area (Å²) in [4.78, 5) is 12.2. The van der Waals surface area contributed by atoms with Crippen LogP contribution in [0.3, 0.4) is 0 Å². The molecule has 0 aliphatic rings. The molecule has 0 aliphatic carbocycles. The van der Waals surface area contributed by atoms with Gasteiger partial charge in [0.05, 0.1) is 13.2 Å². The van der Waals surface area contributed by atoms with E-state index in [1.807, 2.05) is 55.5 Å². The van der Waals surface area contributed by atoms with E-state index in [2.05, 4.69) is 27.9 Å². The first-order chi connectivity index (χ1) is 9.61. The lowest BCUT2D eigenvalue weighted by atomic mass is 10.1. The highest BCUT2D eigenvalue weighted by Crippen LogP contribution is 2.24. The van der Waals surface area contributed by atoms with Crippen LogP contribution in [-0.4, -0.2) is 13.0 Å². The highest BCUT2D eigenvalue weighted by atomic mass is 127. The Hall–Kier alpha value is -1.56. The van der Waals surface area contributed by atoms with E-state index in [1.165, 1.54) is 0 Å². The molecule has 0 radical (unpaired) electrons. The van der Waals surface area contributed by atoms with Gasteiger partial charge in [0.25, 0.3) is 5.91 Å². The zero-order valence-electron chi connectivity index (χ0n) is 11.4. The second kappa shape index (κ2) is 6.74. The summed E-state index contributed by atoms with van der Waals surface area (Å²) in [7, 11) is 1.63. The quantitative estimate of drug-likeness (QED) is 0.819. The Morgan fingerprint density at radius 2 is 1.80 bits per heavy atom. The number of methoxy groups -OCH3 is 1. The number of nitrogens with one attached hydrogen (secondary N) is 1. The third-order valence-electron chi connectivity index (χ3n) is 3.06. The summed E-state index contributed by atoms with van der Waals surface area (Å²) in [6, 6.07) is 15.1. The van der Waals surface area contributed by atoms with Gasteiger partial charge in [-0.3, -0.25) is 4.79 Å². The molecule has 0 bridgehead atoms. The van der Waals surface area contributed by atoms with E-state index in [-0.39, 0.29) is 11.9 Å². The minimum atomic E-state index is -0.113. The lowest BCUT2D eigenvalue weighted by Crippen LogP contribution is -2.26. The Morgan fingerprint density at radius 3 is 2.45 bits per heavy atom. The van der Waals surface area contributed by atoms with Gasteiger partial charge in [-0.1, -0.05) is 18.2 Å². The maximum atomic E-state index is 12.2. The van der Waals surface area contributed by atoms with E-state index >= 15 is 0 Å². The lowest BCUT2D eigenvalue weighted by molar-refractivity contribution is 0.0939. The van der Waals surface area contributed by atoms with Crippen LogP contribution in [-0.2, 0) is 0 Å². The number of hydrogen-bond acceptors (Lipinski definition) is 2. The number of hydrogen-bond donors (Lipinski definition) is 1. The topological polar surface area (TPSA) is 38.3 Å². The first kappa shape index (κ1) is 14.8. The molecule has 1 amide bonds. The molecule has 2 aromatic carbocycles. The molecule has 0 saturated heterocycles. The predicted molar refractivity (Wildman–Crippen MR) is 88.0 cm³/mol. The lowest BCUT2D eigenvalue weighted by Gasteiger charge is -2.17. The van der Waals surface area contributed by atoms with Crippen LogP contribution >= 0.6 is 22.6 Å². The van der Waals surface area contributed by atoms with Crippen molar-refractivity contribution >= 4 is 28.5 Å². The summed E-state index contributed by atoms with van der Waals surface area (Å²) in [6.45, 7) is 1.95. The van der Waals surface area contributed by atoms with Gasteiger partial charge in [0.2, 0.25) is 0 Å². The molecule has 0 heterocycles. The normalized spacial score (nSPS) is 11.8. The molecular weight excluding hydrogens is 365 g/mol. The molecule has 0 saturated carbocycles. The zero-order chi connectivity index (χ0) is 14.5. The molecule has 0 fully saturated rings. The average molecular weight is 381 g/mol. The minimum absolute atomic E-state index is 0.0835. The number of rotatable bonds is 4. The Kier molecular flexibility index (Phi) is 5.00. The number of carbonyl (C=O) groups excluding carboxylic acids is 1. The Labute approximate surface area is 132 Å². The van der Waals surface area contributed by atoms with Gasteiger partial charge >= 0.3 is 0 Å². The third kappa shape index (κ3) is 3.50. The number of amides is 1. The summed E-state index contributed by atoms with van der Waals surface area (Å²) < 4.78 is 6.43. The Balaban J connectivity index is 2.13. The summed E-state index contributed by atoms with van der Waals surface area (Å²) in [5.74, 6) is 0.697. The Morgan fingerprint density at radius 1 is 1.15 bits per heavy atom. The second-order valence-corrected chi connectivity index (χ2v) is 5.69. The maximum absolute atomic E-state index is 12.2. The van der Waals surface area contributed by atoms with Crippen molar-refractivity contribution in [3.05, 3.63) is 63.2 Å². The van der Waals surface area contributed by atoms with Crippen LogP contribution in [0.25, 0.3) is 0 Å². The zero-order valence-corrected chi connectivity index (χ0v) is 13.5. The van der Waals surface area contributed by atoms with E-state index < -0.39 is 0 Å². The molecule has 1 unspecified atom stereocenters. The summed E-state index contributed by atoms with van der Waals surface area (Å²) >= 11 is 2.22. The molecule has 20 heavy (non-hydrogen) atoms. The van der Waals surface area contributed by atoms with Gasteiger partial charge in [-0.05, 0) is 59.8 Å². The molecule has 1 N–H and O–H groups in total. The molecule has 1 atom stereocenters. The highest BCUT2D eigenvalue weighted by molar-refractivity contribution is 14.1. The van der Waals surface area contributed by atoms with Crippen LogP contribution < -0.4 is 10.1 Å². The Bertz CT molecular complexity index is 596. The fourth-order valence-electron chi connectivity index (χ4n) is 1.98. The van der Waals surface area contributed by atoms with Crippen molar-refractivity contribution < 1.29 is 9.53 Å². The van der Waals surface area contributed by atoms with Crippen molar-refractivity contribution in [2.45, 2.75) is 13.0 Å². The van der Waals surface area contributed by atoms with Crippen molar-refractivity contribution in [1.29, 1.82) is 0 Å². The van der Waals surface area contributed by atoms with Crippen LogP contribution in [0, 0.1) is 3.57 Å². The molecular formula is C16H16INO2. The molecule has 3 nitrogen and oxygen atoms in total. The van der Waals surface area contributed by atoms with Gasteiger partial charge in [0.1, 0.15) is 5.75 Å². The highest BCUT2D eigenvalue weighted by Gasteiger charge is 2.14. The van der Waals surface area contributed by atoms with Gasteiger partial charge in [-0.25, -0.2) is 0 Å². The van der Waals surface area contributed by atoms with Crippen molar-refractivity contribution in [3.63, 3.8) is 0 Å². The van der Waals surface area contributed by atoms with Gasteiger partial charge in [0.15, 0.2) is 0 Å². The predicted octanol–water partition coefficient (Wildman–Crippen LogP) is 3.79. The van der Waals surface area contributed by atoms with Crippen molar-refractivity contribution in [2.75, 3.05) is 7.11 Å². The van der Waals surface area contributed by atoms with E-state index in [0.29, 0.717) is 5.56 Å². The molecule has 2 aromatic rings. The first-order valence-electron chi connectivity index (χ1n) is 6.31. The molecule has 0 spiro atoms. The van der Waals surface area contributed by atoms with Crippen LogP contribution in [0.1, 0.15) is 28.9 Å². The fourth-order valence-corrected chi connectivity index (χ4v) is 2.34. The number of halogens is 1. The smallest absolute Gasteiger partial charge is 0.251 e. The number of carbonyl (C=O) groups is 1.